The van der Waals surface area contributed by atoms with Crippen LogP contribution in [0.15, 0.2) is 16.8 Å². The largest absolute Gasteiger partial charge is 0.423 e. The van der Waals surface area contributed by atoms with E-state index in [1.54, 1.807) is 6.33 Å². The van der Waals surface area contributed by atoms with Crippen molar-refractivity contribution in [1.82, 2.24) is 25.1 Å². The zero-order valence-corrected chi connectivity index (χ0v) is 16.5. The van der Waals surface area contributed by atoms with Gasteiger partial charge in [-0.2, -0.15) is 0 Å². The van der Waals surface area contributed by atoms with Crippen LogP contribution in [-0.2, 0) is 11.3 Å². The smallest absolute Gasteiger partial charge is 0.230 e. The molecule has 0 bridgehead atoms. The molecule has 2 aliphatic heterocycles. The van der Waals surface area contributed by atoms with Crippen molar-refractivity contribution < 1.29 is 9.15 Å². The predicted octanol–water partition coefficient (Wildman–Crippen LogP) is 2.31. The average Bonchev–Trinajstić information content (AvgIpc) is 3.18. The lowest BCUT2D eigenvalue weighted by Gasteiger charge is -2.39. The van der Waals surface area contributed by atoms with Gasteiger partial charge in [0.2, 0.25) is 11.8 Å². The molecule has 1 saturated carbocycles. The first kappa shape index (κ1) is 18.0. The first-order valence-corrected chi connectivity index (χ1v) is 10.5. The molecular formula is C20H28N6O2. The van der Waals surface area contributed by atoms with Gasteiger partial charge in [-0.05, 0) is 39.0 Å². The Hall–Kier alpha value is -2.06. The van der Waals surface area contributed by atoms with Gasteiger partial charge in [0.05, 0.1) is 19.1 Å². The van der Waals surface area contributed by atoms with Crippen molar-refractivity contribution in [3.05, 3.63) is 29.9 Å². The summed E-state index contributed by atoms with van der Waals surface area (Å²) < 4.78 is 11.3. The number of hydrogen-bond donors (Lipinski definition) is 0. The highest BCUT2D eigenvalue weighted by Gasteiger charge is 2.36. The lowest BCUT2D eigenvalue weighted by molar-refractivity contribution is 0.179. The SMILES string of the molecule is Cc1cc(N(C2CC2)C2CCN(Cc3nnc(C4CCOC4)o3)CC2)ncn1. The lowest BCUT2D eigenvalue weighted by Crippen LogP contribution is -2.46. The number of rotatable bonds is 6. The van der Waals surface area contributed by atoms with Gasteiger partial charge in [0.1, 0.15) is 12.1 Å². The number of aryl methyl sites for hydroxylation is 1. The molecule has 1 atom stereocenters. The predicted molar refractivity (Wildman–Crippen MR) is 103 cm³/mol. The molecule has 8 nitrogen and oxygen atoms in total. The van der Waals surface area contributed by atoms with Crippen molar-refractivity contribution in [2.75, 3.05) is 31.2 Å². The summed E-state index contributed by atoms with van der Waals surface area (Å²) in [5, 5.41) is 8.50. The first-order chi connectivity index (χ1) is 13.8. The summed E-state index contributed by atoms with van der Waals surface area (Å²) in [5.74, 6) is 2.83. The maximum absolute atomic E-state index is 5.90. The minimum atomic E-state index is 0.274. The van der Waals surface area contributed by atoms with Crippen LogP contribution in [0.4, 0.5) is 5.82 Å². The van der Waals surface area contributed by atoms with Crippen LogP contribution in [0.25, 0.3) is 0 Å². The molecule has 8 heteroatoms. The molecule has 2 aromatic heterocycles. The monoisotopic (exact) mass is 384 g/mol. The maximum Gasteiger partial charge on any atom is 0.230 e. The van der Waals surface area contributed by atoms with Crippen molar-refractivity contribution in [2.24, 2.45) is 0 Å². The van der Waals surface area contributed by atoms with Gasteiger partial charge in [0.15, 0.2) is 0 Å². The number of likely N-dealkylation sites (tertiary alicyclic amines) is 1. The van der Waals surface area contributed by atoms with Crippen LogP contribution < -0.4 is 4.90 Å². The van der Waals surface area contributed by atoms with Gasteiger partial charge in [-0.25, -0.2) is 9.97 Å². The third-order valence-electron chi connectivity index (χ3n) is 6.06. The van der Waals surface area contributed by atoms with Crippen molar-refractivity contribution in [3.8, 4) is 0 Å². The van der Waals surface area contributed by atoms with Gasteiger partial charge in [0, 0.05) is 43.5 Å². The topological polar surface area (TPSA) is 80.4 Å². The molecule has 0 radical (unpaired) electrons. The van der Waals surface area contributed by atoms with Gasteiger partial charge in [-0.1, -0.05) is 0 Å². The highest BCUT2D eigenvalue weighted by atomic mass is 16.5. The van der Waals surface area contributed by atoms with Gasteiger partial charge in [-0.3, -0.25) is 4.90 Å². The summed E-state index contributed by atoms with van der Waals surface area (Å²) in [7, 11) is 0. The van der Waals surface area contributed by atoms with E-state index in [1.807, 2.05) is 6.92 Å². The highest BCUT2D eigenvalue weighted by Crippen LogP contribution is 2.35. The van der Waals surface area contributed by atoms with Crippen molar-refractivity contribution in [2.45, 2.75) is 63.6 Å². The summed E-state index contributed by atoms with van der Waals surface area (Å²) in [6, 6.07) is 3.32. The van der Waals surface area contributed by atoms with Crippen LogP contribution in [0, 0.1) is 6.92 Å². The van der Waals surface area contributed by atoms with E-state index in [2.05, 4.69) is 36.0 Å². The highest BCUT2D eigenvalue weighted by molar-refractivity contribution is 5.43. The van der Waals surface area contributed by atoms with Crippen molar-refractivity contribution >= 4 is 5.82 Å². The Balaban J connectivity index is 1.19. The summed E-state index contributed by atoms with van der Waals surface area (Å²) in [5.41, 5.74) is 1.04. The number of piperidine rings is 1. The zero-order valence-electron chi connectivity index (χ0n) is 16.5. The van der Waals surface area contributed by atoms with E-state index in [9.17, 15) is 0 Å². The fraction of sp³-hybridized carbons (Fsp3) is 0.700. The molecule has 28 heavy (non-hydrogen) atoms. The fourth-order valence-corrected chi connectivity index (χ4v) is 4.38. The number of hydrogen-bond acceptors (Lipinski definition) is 8. The van der Waals surface area contributed by atoms with Crippen LogP contribution in [0.2, 0.25) is 0 Å². The molecule has 5 rings (SSSR count). The second-order valence-electron chi connectivity index (χ2n) is 8.26. The quantitative estimate of drug-likeness (QED) is 0.751. The van der Waals surface area contributed by atoms with E-state index in [0.717, 1.165) is 68.8 Å². The third kappa shape index (κ3) is 3.89. The molecule has 0 N–H and O–H groups in total. The van der Waals surface area contributed by atoms with E-state index in [1.165, 1.54) is 12.8 Å². The molecule has 3 fully saturated rings. The van der Waals surface area contributed by atoms with E-state index in [4.69, 9.17) is 9.15 Å². The molecule has 2 saturated heterocycles. The number of aromatic nitrogens is 4. The van der Waals surface area contributed by atoms with Gasteiger partial charge in [0.25, 0.3) is 0 Å². The maximum atomic E-state index is 5.90. The van der Waals surface area contributed by atoms with E-state index in [-0.39, 0.29) is 5.92 Å². The summed E-state index contributed by atoms with van der Waals surface area (Å²) in [6.45, 7) is 6.36. The normalized spacial score (nSPS) is 24.0. The standard InChI is InChI=1S/C20H28N6O2/c1-14-10-18(22-13-21-14)26(16-2-3-16)17-4-7-25(8-5-17)11-19-23-24-20(28-19)15-6-9-27-12-15/h10,13,15-17H,2-9,11-12H2,1H3. The first-order valence-electron chi connectivity index (χ1n) is 10.5. The lowest BCUT2D eigenvalue weighted by atomic mass is 10.0. The van der Waals surface area contributed by atoms with Crippen molar-refractivity contribution in [3.63, 3.8) is 0 Å². The molecule has 4 heterocycles. The number of anilines is 1. The van der Waals surface area contributed by atoms with E-state index >= 15 is 0 Å². The van der Waals surface area contributed by atoms with Crippen LogP contribution in [-0.4, -0.2) is 63.5 Å². The molecule has 1 aliphatic carbocycles. The van der Waals surface area contributed by atoms with E-state index < -0.39 is 0 Å². The molecular weight excluding hydrogens is 356 g/mol. The van der Waals surface area contributed by atoms with Gasteiger partial charge in [-0.15, -0.1) is 10.2 Å². The molecule has 0 amide bonds. The van der Waals surface area contributed by atoms with Gasteiger partial charge >= 0.3 is 0 Å². The van der Waals surface area contributed by atoms with Crippen LogP contribution in [0.3, 0.4) is 0 Å². The minimum Gasteiger partial charge on any atom is -0.423 e. The Bertz CT molecular complexity index is 793. The van der Waals surface area contributed by atoms with Crippen molar-refractivity contribution in [1.29, 1.82) is 0 Å². The second-order valence-corrected chi connectivity index (χ2v) is 8.26. The molecule has 1 unspecified atom stereocenters. The molecule has 0 spiro atoms. The Morgan fingerprint density at radius 1 is 1.07 bits per heavy atom. The molecule has 150 valence electrons. The van der Waals surface area contributed by atoms with Crippen LogP contribution in [0.1, 0.15) is 55.5 Å². The Morgan fingerprint density at radius 3 is 2.61 bits per heavy atom. The fourth-order valence-electron chi connectivity index (χ4n) is 4.38. The number of ether oxygens (including phenoxy) is 1. The molecule has 3 aliphatic rings. The molecule has 0 aromatic carbocycles. The van der Waals surface area contributed by atoms with E-state index in [0.29, 0.717) is 18.7 Å². The minimum absolute atomic E-state index is 0.274. The second kappa shape index (κ2) is 7.75. The summed E-state index contributed by atoms with van der Waals surface area (Å²) in [6.07, 6.45) is 7.50. The Labute approximate surface area is 165 Å². The zero-order chi connectivity index (χ0) is 18.9. The molecule has 2 aromatic rings. The Kier molecular flexibility index (Phi) is 4.98. The number of nitrogens with zero attached hydrogens (tertiary/aromatic N) is 6. The average molecular weight is 384 g/mol. The Morgan fingerprint density at radius 2 is 1.89 bits per heavy atom. The van der Waals surface area contributed by atoms with Gasteiger partial charge < -0.3 is 14.1 Å². The van der Waals surface area contributed by atoms with Crippen LogP contribution in [0.5, 0.6) is 0 Å². The third-order valence-corrected chi connectivity index (χ3v) is 6.06. The summed E-state index contributed by atoms with van der Waals surface area (Å²) in [4.78, 5) is 13.8. The van der Waals surface area contributed by atoms with Crippen LogP contribution >= 0.6 is 0 Å². The summed E-state index contributed by atoms with van der Waals surface area (Å²) >= 11 is 0.